The minimum absolute atomic E-state index is 0.342. The lowest BCUT2D eigenvalue weighted by molar-refractivity contribution is 0.257. The zero-order valence-electron chi connectivity index (χ0n) is 11.8. The van der Waals surface area contributed by atoms with Crippen molar-refractivity contribution in [3.8, 4) is 0 Å². The highest BCUT2D eigenvalue weighted by Crippen LogP contribution is 2.49. The SMILES string of the molecule is CC(NCCN1CCCS1(=O)=O)C1CC2CCC1C2. The summed E-state index contributed by atoms with van der Waals surface area (Å²) in [6.45, 7) is 4.44. The third-order valence-corrected chi connectivity index (χ3v) is 7.42. The maximum Gasteiger partial charge on any atom is 0.214 e. The van der Waals surface area contributed by atoms with Crippen molar-refractivity contribution in [2.24, 2.45) is 17.8 Å². The van der Waals surface area contributed by atoms with Gasteiger partial charge in [0.1, 0.15) is 0 Å². The molecular formula is C14H26N2O2S. The maximum absolute atomic E-state index is 11.7. The molecule has 2 aliphatic carbocycles. The largest absolute Gasteiger partial charge is 0.313 e. The van der Waals surface area contributed by atoms with Gasteiger partial charge in [0.25, 0.3) is 0 Å². The van der Waals surface area contributed by atoms with Gasteiger partial charge >= 0.3 is 0 Å². The third-order valence-electron chi connectivity index (χ3n) is 5.47. The van der Waals surface area contributed by atoms with Crippen molar-refractivity contribution in [2.45, 2.75) is 45.1 Å². The summed E-state index contributed by atoms with van der Waals surface area (Å²) in [6, 6.07) is 0.542. The Morgan fingerprint density at radius 2 is 2.16 bits per heavy atom. The minimum atomic E-state index is -2.92. The molecule has 5 heteroatoms. The van der Waals surface area contributed by atoms with Gasteiger partial charge in [0.05, 0.1) is 5.75 Å². The molecule has 0 amide bonds. The van der Waals surface area contributed by atoms with Crippen LogP contribution in [0.1, 0.15) is 39.0 Å². The Balaban J connectivity index is 1.43. The first-order chi connectivity index (χ1) is 9.06. The minimum Gasteiger partial charge on any atom is -0.313 e. The van der Waals surface area contributed by atoms with Gasteiger partial charge in [0.15, 0.2) is 0 Å². The number of rotatable bonds is 5. The van der Waals surface area contributed by atoms with Gasteiger partial charge in [-0.05, 0) is 50.4 Å². The van der Waals surface area contributed by atoms with Gasteiger partial charge in [0, 0.05) is 25.7 Å². The van der Waals surface area contributed by atoms with Crippen LogP contribution >= 0.6 is 0 Å². The molecule has 1 aliphatic heterocycles. The van der Waals surface area contributed by atoms with Crippen molar-refractivity contribution in [3.05, 3.63) is 0 Å². The van der Waals surface area contributed by atoms with Crippen LogP contribution < -0.4 is 5.32 Å². The number of nitrogens with one attached hydrogen (secondary N) is 1. The summed E-state index contributed by atoms with van der Waals surface area (Å²) < 4.78 is 25.0. The second-order valence-corrected chi connectivity index (χ2v) is 8.74. The van der Waals surface area contributed by atoms with E-state index in [0.29, 0.717) is 24.9 Å². The molecule has 4 atom stereocenters. The predicted molar refractivity (Wildman–Crippen MR) is 76.4 cm³/mol. The average Bonchev–Trinajstić information content (AvgIpc) is 3.05. The van der Waals surface area contributed by atoms with Crippen LogP contribution in [0, 0.1) is 17.8 Å². The fourth-order valence-corrected chi connectivity index (χ4v) is 5.95. The fourth-order valence-electron chi connectivity index (χ4n) is 4.42. The summed E-state index contributed by atoms with van der Waals surface area (Å²) in [7, 11) is -2.92. The van der Waals surface area contributed by atoms with Crippen LogP contribution in [0.3, 0.4) is 0 Å². The van der Waals surface area contributed by atoms with Crippen molar-refractivity contribution in [1.29, 1.82) is 0 Å². The van der Waals surface area contributed by atoms with Gasteiger partial charge in [-0.1, -0.05) is 6.42 Å². The quantitative estimate of drug-likeness (QED) is 0.832. The van der Waals surface area contributed by atoms with Crippen LogP contribution in [0.2, 0.25) is 0 Å². The van der Waals surface area contributed by atoms with E-state index in [1.54, 1.807) is 4.31 Å². The Bertz CT molecular complexity index is 423. The number of hydrogen-bond acceptors (Lipinski definition) is 3. The lowest BCUT2D eigenvalue weighted by Gasteiger charge is -2.29. The van der Waals surface area contributed by atoms with E-state index >= 15 is 0 Å². The van der Waals surface area contributed by atoms with E-state index < -0.39 is 10.0 Å². The second-order valence-electron chi connectivity index (χ2n) is 6.65. The molecule has 110 valence electrons. The van der Waals surface area contributed by atoms with E-state index in [4.69, 9.17) is 0 Å². The Kier molecular flexibility index (Phi) is 3.89. The molecule has 0 radical (unpaired) electrons. The molecule has 0 aromatic heterocycles. The number of hydrogen-bond donors (Lipinski definition) is 1. The highest BCUT2D eigenvalue weighted by Gasteiger charge is 2.41. The van der Waals surface area contributed by atoms with E-state index in [2.05, 4.69) is 12.2 Å². The van der Waals surface area contributed by atoms with Gasteiger partial charge in [-0.15, -0.1) is 0 Å². The molecule has 19 heavy (non-hydrogen) atoms. The van der Waals surface area contributed by atoms with Gasteiger partial charge in [-0.25, -0.2) is 12.7 Å². The highest BCUT2D eigenvalue weighted by atomic mass is 32.2. The molecular weight excluding hydrogens is 260 g/mol. The molecule has 3 aliphatic rings. The van der Waals surface area contributed by atoms with Crippen LogP contribution in [0.25, 0.3) is 0 Å². The van der Waals surface area contributed by atoms with Crippen molar-refractivity contribution < 1.29 is 8.42 Å². The van der Waals surface area contributed by atoms with Crippen LogP contribution in [0.15, 0.2) is 0 Å². The fraction of sp³-hybridized carbons (Fsp3) is 1.00. The Morgan fingerprint density at radius 1 is 1.32 bits per heavy atom. The van der Waals surface area contributed by atoms with Crippen LogP contribution in [0.4, 0.5) is 0 Å². The molecule has 0 aromatic rings. The maximum atomic E-state index is 11.7. The van der Waals surface area contributed by atoms with Gasteiger partial charge < -0.3 is 5.32 Å². The lowest BCUT2D eigenvalue weighted by atomic mass is 9.84. The third kappa shape index (κ3) is 2.83. The summed E-state index contributed by atoms with van der Waals surface area (Å²) in [5, 5.41) is 3.57. The molecule has 0 spiro atoms. The van der Waals surface area contributed by atoms with E-state index in [1.165, 1.54) is 25.7 Å². The van der Waals surface area contributed by atoms with E-state index in [-0.39, 0.29) is 0 Å². The molecule has 4 nitrogen and oxygen atoms in total. The summed E-state index contributed by atoms with van der Waals surface area (Å²) in [6.07, 6.45) is 6.49. The van der Waals surface area contributed by atoms with Crippen molar-refractivity contribution in [2.75, 3.05) is 25.4 Å². The second kappa shape index (κ2) is 5.34. The normalized spacial score (nSPS) is 38.9. The number of fused-ring (bicyclic) bond motifs is 2. The topological polar surface area (TPSA) is 49.4 Å². The number of nitrogens with zero attached hydrogens (tertiary/aromatic N) is 1. The molecule has 1 saturated heterocycles. The van der Waals surface area contributed by atoms with E-state index in [0.717, 1.165) is 30.7 Å². The molecule has 1 heterocycles. The first-order valence-electron chi connectivity index (χ1n) is 7.77. The predicted octanol–water partition coefficient (Wildman–Crippen LogP) is 1.44. The number of sulfonamides is 1. The molecule has 2 bridgehead atoms. The van der Waals surface area contributed by atoms with Gasteiger partial charge in [-0.2, -0.15) is 0 Å². The van der Waals surface area contributed by atoms with Crippen LogP contribution in [-0.4, -0.2) is 44.2 Å². The molecule has 2 saturated carbocycles. The highest BCUT2D eigenvalue weighted by molar-refractivity contribution is 7.89. The first-order valence-corrected chi connectivity index (χ1v) is 9.38. The van der Waals surface area contributed by atoms with Gasteiger partial charge in [0.2, 0.25) is 10.0 Å². The first kappa shape index (κ1) is 13.8. The zero-order valence-corrected chi connectivity index (χ0v) is 12.7. The summed E-state index contributed by atoms with van der Waals surface area (Å²) >= 11 is 0. The summed E-state index contributed by atoms with van der Waals surface area (Å²) in [5.74, 6) is 3.09. The standard InChI is InChI=1S/C14H26N2O2S/c1-11(14-10-12-3-4-13(14)9-12)15-5-7-16-6-2-8-19(16,17)18/h11-15H,2-10H2,1H3. The molecule has 3 fully saturated rings. The average molecular weight is 286 g/mol. The van der Waals surface area contributed by atoms with Crippen LogP contribution in [-0.2, 0) is 10.0 Å². The van der Waals surface area contributed by atoms with Gasteiger partial charge in [-0.3, -0.25) is 0 Å². The Labute approximate surface area is 117 Å². The van der Waals surface area contributed by atoms with Crippen molar-refractivity contribution in [3.63, 3.8) is 0 Å². The summed E-state index contributed by atoms with van der Waals surface area (Å²) in [5.41, 5.74) is 0. The van der Waals surface area contributed by atoms with E-state index in [9.17, 15) is 8.42 Å². The molecule has 4 unspecified atom stereocenters. The Morgan fingerprint density at radius 3 is 2.74 bits per heavy atom. The van der Waals surface area contributed by atoms with Crippen molar-refractivity contribution in [1.82, 2.24) is 9.62 Å². The zero-order chi connectivity index (χ0) is 13.5. The van der Waals surface area contributed by atoms with E-state index in [1.807, 2.05) is 0 Å². The summed E-state index contributed by atoms with van der Waals surface area (Å²) in [4.78, 5) is 0. The molecule has 0 aromatic carbocycles. The lowest BCUT2D eigenvalue weighted by Crippen LogP contribution is -2.41. The van der Waals surface area contributed by atoms with Crippen LogP contribution in [0.5, 0.6) is 0 Å². The van der Waals surface area contributed by atoms with Crippen molar-refractivity contribution >= 4 is 10.0 Å². The molecule has 3 rings (SSSR count). The Hall–Kier alpha value is -0.130. The monoisotopic (exact) mass is 286 g/mol. The smallest absolute Gasteiger partial charge is 0.214 e. The molecule has 1 N–H and O–H groups in total.